The van der Waals surface area contributed by atoms with Crippen LogP contribution in [0.2, 0.25) is 0 Å². The number of non-ortho nitro benzene ring substituents is 1. The van der Waals surface area contributed by atoms with Crippen LogP contribution in [0.3, 0.4) is 0 Å². The number of carbonyl (C=O) groups is 1. The van der Waals surface area contributed by atoms with Gasteiger partial charge in [0.15, 0.2) is 0 Å². The van der Waals surface area contributed by atoms with E-state index in [-0.39, 0.29) is 23.2 Å². The van der Waals surface area contributed by atoms with Gasteiger partial charge in [0.25, 0.3) is 11.6 Å². The molecule has 1 unspecified atom stereocenters. The highest BCUT2D eigenvalue weighted by Crippen LogP contribution is 2.21. The molecule has 0 fully saturated rings. The van der Waals surface area contributed by atoms with E-state index in [0.29, 0.717) is 12.2 Å². The Kier molecular flexibility index (Phi) is 5.45. The summed E-state index contributed by atoms with van der Waals surface area (Å²) in [6.07, 6.45) is 0. The van der Waals surface area contributed by atoms with E-state index in [9.17, 15) is 14.9 Å². The first-order valence-electron chi connectivity index (χ1n) is 6.27. The second-order valence-corrected chi connectivity index (χ2v) is 4.87. The van der Waals surface area contributed by atoms with Crippen molar-refractivity contribution >= 4 is 17.3 Å². The van der Waals surface area contributed by atoms with E-state index in [1.165, 1.54) is 18.2 Å². The summed E-state index contributed by atoms with van der Waals surface area (Å²) in [6.45, 7) is 2.57. The molecule has 0 saturated carbocycles. The average molecular weight is 280 g/mol. The maximum atomic E-state index is 12.2. The minimum atomic E-state index is -0.514. The van der Waals surface area contributed by atoms with Gasteiger partial charge in [-0.3, -0.25) is 14.9 Å². The zero-order valence-corrected chi connectivity index (χ0v) is 12.1. The van der Waals surface area contributed by atoms with E-state index < -0.39 is 4.92 Å². The van der Waals surface area contributed by atoms with Gasteiger partial charge >= 0.3 is 0 Å². The van der Waals surface area contributed by atoms with Gasteiger partial charge in [0.2, 0.25) is 0 Å². The van der Waals surface area contributed by atoms with Crippen LogP contribution in [0.1, 0.15) is 17.3 Å². The van der Waals surface area contributed by atoms with Crippen LogP contribution in [0.5, 0.6) is 0 Å². The van der Waals surface area contributed by atoms with Gasteiger partial charge in [0.1, 0.15) is 0 Å². The Morgan fingerprint density at radius 1 is 1.45 bits per heavy atom. The fourth-order valence-corrected chi connectivity index (χ4v) is 1.95. The molecule has 1 atom stereocenters. The lowest BCUT2D eigenvalue weighted by Crippen LogP contribution is -2.39. The van der Waals surface area contributed by atoms with Gasteiger partial charge in [-0.1, -0.05) is 0 Å². The molecule has 0 aliphatic carbocycles. The monoisotopic (exact) mass is 280 g/mol. The maximum Gasteiger partial charge on any atom is 0.270 e. The maximum absolute atomic E-state index is 12.2. The van der Waals surface area contributed by atoms with Crippen molar-refractivity contribution in [3.63, 3.8) is 0 Å². The summed E-state index contributed by atoms with van der Waals surface area (Å²) >= 11 is 0. The van der Waals surface area contributed by atoms with Gasteiger partial charge in [-0.05, 0) is 27.1 Å². The fourth-order valence-electron chi connectivity index (χ4n) is 1.95. The highest BCUT2D eigenvalue weighted by Gasteiger charge is 2.17. The van der Waals surface area contributed by atoms with Crippen molar-refractivity contribution in [2.45, 2.75) is 13.0 Å². The highest BCUT2D eigenvalue weighted by molar-refractivity contribution is 6.00. The minimum Gasteiger partial charge on any atom is -0.387 e. The summed E-state index contributed by atoms with van der Waals surface area (Å²) in [7, 11) is 5.49. The molecule has 0 saturated heterocycles. The van der Waals surface area contributed by atoms with Crippen molar-refractivity contribution in [2.75, 3.05) is 33.0 Å². The van der Waals surface area contributed by atoms with Crippen LogP contribution >= 0.6 is 0 Å². The number of nitro benzene ring substituents is 1. The predicted molar refractivity (Wildman–Crippen MR) is 78.1 cm³/mol. The number of hydrogen-bond acceptors (Lipinski definition) is 5. The second kappa shape index (κ2) is 6.85. The summed E-state index contributed by atoms with van der Waals surface area (Å²) in [5, 5.41) is 16.5. The van der Waals surface area contributed by atoms with E-state index in [4.69, 9.17) is 0 Å². The highest BCUT2D eigenvalue weighted by atomic mass is 16.6. The van der Waals surface area contributed by atoms with Crippen LogP contribution in [-0.2, 0) is 0 Å². The molecule has 1 amide bonds. The van der Waals surface area contributed by atoms with Gasteiger partial charge in [0, 0.05) is 37.5 Å². The number of anilines is 1. The minimum absolute atomic E-state index is 0.0542. The van der Waals surface area contributed by atoms with Gasteiger partial charge in [-0.25, -0.2) is 0 Å². The zero-order chi connectivity index (χ0) is 15.3. The molecular weight excluding hydrogens is 260 g/mol. The lowest BCUT2D eigenvalue weighted by Gasteiger charge is -2.19. The van der Waals surface area contributed by atoms with Crippen LogP contribution in [0, 0.1) is 10.1 Å². The first kappa shape index (κ1) is 15.9. The summed E-state index contributed by atoms with van der Waals surface area (Å²) in [6, 6.07) is 4.13. The molecule has 0 heterocycles. The molecule has 1 aromatic carbocycles. The van der Waals surface area contributed by atoms with E-state index >= 15 is 0 Å². The normalized spacial score (nSPS) is 12.1. The fraction of sp³-hybridized carbons (Fsp3) is 0.462. The average Bonchev–Trinajstić information content (AvgIpc) is 2.36. The Bertz CT molecular complexity index is 502. The van der Waals surface area contributed by atoms with Gasteiger partial charge in [0.05, 0.1) is 10.5 Å². The first-order valence-corrected chi connectivity index (χ1v) is 6.27. The lowest BCUT2D eigenvalue weighted by atomic mass is 10.1. The van der Waals surface area contributed by atoms with E-state index in [0.717, 1.165) is 0 Å². The molecule has 0 bridgehead atoms. The van der Waals surface area contributed by atoms with E-state index in [2.05, 4.69) is 10.6 Å². The number of likely N-dealkylation sites (N-methyl/N-ethyl adjacent to an activating group) is 1. The standard InChI is InChI=1S/C13H20N4O3/c1-9(8-16(3)4)15-13(18)11-7-10(17(19)20)5-6-12(11)14-2/h5-7,9,14H,8H2,1-4H3,(H,15,18). The molecule has 0 radical (unpaired) electrons. The number of nitro groups is 1. The second-order valence-electron chi connectivity index (χ2n) is 4.87. The van der Waals surface area contributed by atoms with Crippen LogP contribution in [-0.4, -0.2) is 49.5 Å². The molecule has 0 aliphatic rings. The third kappa shape index (κ3) is 4.20. The number of carbonyl (C=O) groups excluding carboxylic acids is 1. The number of rotatable bonds is 6. The van der Waals surface area contributed by atoms with Crippen LogP contribution in [0.4, 0.5) is 11.4 Å². The van der Waals surface area contributed by atoms with Gasteiger partial charge in [-0.15, -0.1) is 0 Å². The van der Waals surface area contributed by atoms with Crippen molar-refractivity contribution in [2.24, 2.45) is 0 Å². The van der Waals surface area contributed by atoms with Crippen molar-refractivity contribution in [3.05, 3.63) is 33.9 Å². The Morgan fingerprint density at radius 2 is 2.10 bits per heavy atom. The summed E-state index contributed by atoms with van der Waals surface area (Å²) in [5.74, 6) is -0.326. The molecule has 7 heteroatoms. The third-order valence-electron chi connectivity index (χ3n) is 2.74. The molecule has 0 spiro atoms. The molecule has 1 rings (SSSR count). The molecule has 7 nitrogen and oxygen atoms in total. The number of hydrogen-bond donors (Lipinski definition) is 2. The van der Waals surface area contributed by atoms with Crippen molar-refractivity contribution in [1.82, 2.24) is 10.2 Å². The Labute approximate surface area is 118 Å². The smallest absolute Gasteiger partial charge is 0.270 e. The molecule has 20 heavy (non-hydrogen) atoms. The van der Waals surface area contributed by atoms with Gasteiger partial charge < -0.3 is 15.5 Å². The molecule has 2 N–H and O–H groups in total. The van der Waals surface area contributed by atoms with Crippen LogP contribution in [0.15, 0.2) is 18.2 Å². The predicted octanol–water partition coefficient (Wildman–Crippen LogP) is 1.32. The summed E-state index contributed by atoms with van der Waals surface area (Å²) < 4.78 is 0. The molecular formula is C13H20N4O3. The zero-order valence-electron chi connectivity index (χ0n) is 12.1. The van der Waals surface area contributed by atoms with E-state index in [1.54, 1.807) is 7.05 Å². The first-order chi connectivity index (χ1) is 9.35. The SMILES string of the molecule is CNc1ccc([N+](=O)[O-])cc1C(=O)NC(C)CN(C)C. The number of nitrogens with one attached hydrogen (secondary N) is 2. The molecule has 0 aliphatic heterocycles. The van der Waals surface area contributed by atoms with Gasteiger partial charge in [-0.2, -0.15) is 0 Å². The Hall–Kier alpha value is -2.15. The molecule has 1 aromatic rings. The number of amides is 1. The third-order valence-corrected chi connectivity index (χ3v) is 2.74. The number of nitrogens with zero attached hydrogens (tertiary/aromatic N) is 2. The van der Waals surface area contributed by atoms with Crippen LogP contribution in [0.25, 0.3) is 0 Å². The summed E-state index contributed by atoms with van der Waals surface area (Å²) in [4.78, 5) is 24.4. The Balaban J connectivity index is 2.95. The summed E-state index contributed by atoms with van der Waals surface area (Å²) in [5.41, 5.74) is 0.729. The van der Waals surface area contributed by atoms with Crippen LogP contribution < -0.4 is 10.6 Å². The Morgan fingerprint density at radius 3 is 2.60 bits per heavy atom. The van der Waals surface area contributed by atoms with Crippen molar-refractivity contribution in [3.8, 4) is 0 Å². The molecule has 110 valence electrons. The number of benzene rings is 1. The largest absolute Gasteiger partial charge is 0.387 e. The molecule has 0 aromatic heterocycles. The topological polar surface area (TPSA) is 87.5 Å². The quantitative estimate of drug-likeness (QED) is 0.606. The van der Waals surface area contributed by atoms with Crippen molar-refractivity contribution in [1.29, 1.82) is 0 Å². The lowest BCUT2D eigenvalue weighted by molar-refractivity contribution is -0.384. The van der Waals surface area contributed by atoms with Crippen molar-refractivity contribution < 1.29 is 9.72 Å². The van der Waals surface area contributed by atoms with E-state index in [1.807, 2.05) is 25.9 Å².